The average Bonchev–Trinajstić information content (AvgIpc) is 2.67. The largest absolute Gasteiger partial charge is 0.314 e. The van der Waals surface area contributed by atoms with E-state index in [1.54, 1.807) is 0 Å². The van der Waals surface area contributed by atoms with Gasteiger partial charge in [0.25, 0.3) is 0 Å². The summed E-state index contributed by atoms with van der Waals surface area (Å²) < 4.78 is 0. The van der Waals surface area contributed by atoms with E-state index in [9.17, 15) is 0 Å². The third kappa shape index (κ3) is 1.82. The molecule has 3 heteroatoms. The number of hydrogen-bond acceptors (Lipinski definition) is 3. The highest BCUT2D eigenvalue weighted by Crippen LogP contribution is 2.24. The highest BCUT2D eigenvalue weighted by Gasteiger charge is 2.27. The molecule has 0 aromatic carbocycles. The lowest BCUT2D eigenvalue weighted by Gasteiger charge is -2.37. The molecule has 0 bridgehead atoms. The molecule has 1 fully saturated rings. The van der Waals surface area contributed by atoms with Crippen molar-refractivity contribution in [2.45, 2.75) is 31.8 Å². The van der Waals surface area contributed by atoms with Gasteiger partial charge in [-0.05, 0) is 19.8 Å². The first-order valence-electron chi connectivity index (χ1n) is 5.38. The van der Waals surface area contributed by atoms with Crippen LogP contribution in [0.15, 0.2) is 11.6 Å². The molecule has 1 heterocycles. The fourth-order valence-corrected chi connectivity index (χ4v) is 2.41. The van der Waals surface area contributed by atoms with Crippen molar-refractivity contribution in [3.63, 3.8) is 0 Å². The molecule has 14 heavy (non-hydrogen) atoms. The van der Waals surface area contributed by atoms with Crippen LogP contribution >= 0.6 is 0 Å². The maximum absolute atomic E-state index is 8.80. The first-order valence-corrected chi connectivity index (χ1v) is 5.38. The second-order valence-corrected chi connectivity index (χ2v) is 4.20. The molecule has 1 N–H and O–H groups in total. The molecule has 0 unspecified atom stereocenters. The predicted octanol–water partition coefficient (Wildman–Crippen LogP) is 0.892. The molecule has 0 spiro atoms. The van der Waals surface area contributed by atoms with E-state index in [2.05, 4.69) is 29.3 Å². The second-order valence-electron chi connectivity index (χ2n) is 4.20. The Kier molecular flexibility index (Phi) is 2.85. The molecule has 0 saturated carbocycles. The Hall–Kier alpha value is -0.850. The maximum Gasteiger partial charge on any atom is 0.0944 e. The van der Waals surface area contributed by atoms with Gasteiger partial charge in [-0.25, -0.2) is 0 Å². The first-order chi connectivity index (χ1) is 6.81. The van der Waals surface area contributed by atoms with Crippen molar-refractivity contribution in [2.24, 2.45) is 0 Å². The summed E-state index contributed by atoms with van der Waals surface area (Å²) >= 11 is 0. The second kappa shape index (κ2) is 4.12. The fourth-order valence-electron chi connectivity index (χ4n) is 2.41. The molecule has 0 radical (unpaired) electrons. The van der Waals surface area contributed by atoms with Gasteiger partial charge >= 0.3 is 0 Å². The van der Waals surface area contributed by atoms with Gasteiger partial charge in [-0.15, -0.1) is 0 Å². The highest BCUT2D eigenvalue weighted by molar-refractivity contribution is 5.27. The summed E-state index contributed by atoms with van der Waals surface area (Å²) in [5, 5.41) is 12.2. The van der Waals surface area contributed by atoms with Gasteiger partial charge in [-0.1, -0.05) is 6.08 Å². The van der Waals surface area contributed by atoms with Crippen LogP contribution in [0.4, 0.5) is 0 Å². The average molecular weight is 191 g/mol. The van der Waals surface area contributed by atoms with Gasteiger partial charge in [0.1, 0.15) is 0 Å². The SMILES string of the molecule is C[C@@H]1CNCCN1[C@H]1C=C(C#N)CC1. The van der Waals surface area contributed by atoms with Crippen LogP contribution in [0.3, 0.4) is 0 Å². The topological polar surface area (TPSA) is 39.1 Å². The number of piperazine rings is 1. The minimum Gasteiger partial charge on any atom is -0.314 e. The molecule has 76 valence electrons. The lowest BCUT2D eigenvalue weighted by Crippen LogP contribution is -2.52. The van der Waals surface area contributed by atoms with Gasteiger partial charge in [0.15, 0.2) is 0 Å². The van der Waals surface area contributed by atoms with Crippen LogP contribution in [0.2, 0.25) is 0 Å². The maximum atomic E-state index is 8.80. The lowest BCUT2D eigenvalue weighted by atomic mass is 10.1. The Bertz CT molecular complexity index is 277. The van der Waals surface area contributed by atoms with Crippen molar-refractivity contribution < 1.29 is 0 Å². The van der Waals surface area contributed by atoms with Crippen molar-refractivity contribution in [1.29, 1.82) is 5.26 Å². The highest BCUT2D eigenvalue weighted by atomic mass is 15.2. The van der Waals surface area contributed by atoms with Crippen LogP contribution in [0.25, 0.3) is 0 Å². The van der Waals surface area contributed by atoms with E-state index in [-0.39, 0.29) is 0 Å². The van der Waals surface area contributed by atoms with Crippen LogP contribution in [0.5, 0.6) is 0 Å². The summed E-state index contributed by atoms with van der Waals surface area (Å²) in [5.41, 5.74) is 0.973. The van der Waals surface area contributed by atoms with Gasteiger partial charge in [0.2, 0.25) is 0 Å². The standard InChI is InChI=1S/C11H17N3/c1-9-8-13-4-5-14(9)11-3-2-10(6-11)7-12/h6,9,11,13H,2-5,8H2,1H3/t9-,11-/m1/s1. The van der Waals surface area contributed by atoms with Crippen molar-refractivity contribution >= 4 is 0 Å². The van der Waals surface area contributed by atoms with Crippen LogP contribution in [-0.4, -0.2) is 36.6 Å². The molecule has 2 atom stereocenters. The summed E-state index contributed by atoms with van der Waals surface area (Å²) in [6.07, 6.45) is 4.26. The zero-order valence-electron chi connectivity index (χ0n) is 8.66. The summed E-state index contributed by atoms with van der Waals surface area (Å²) in [6.45, 7) is 5.52. The molecular formula is C11H17N3. The van der Waals surface area contributed by atoms with Crippen molar-refractivity contribution in [3.8, 4) is 6.07 Å². The molecule has 3 nitrogen and oxygen atoms in total. The summed E-state index contributed by atoms with van der Waals surface area (Å²) in [6, 6.07) is 3.38. The van der Waals surface area contributed by atoms with Gasteiger partial charge in [0.05, 0.1) is 6.07 Å². The molecule has 0 aromatic heterocycles. The fraction of sp³-hybridized carbons (Fsp3) is 0.727. The zero-order chi connectivity index (χ0) is 9.97. The van der Waals surface area contributed by atoms with E-state index in [0.717, 1.165) is 38.0 Å². The molecule has 0 aromatic rings. The van der Waals surface area contributed by atoms with Crippen molar-refractivity contribution in [3.05, 3.63) is 11.6 Å². The number of hydrogen-bond donors (Lipinski definition) is 1. The Balaban J connectivity index is 2.01. The number of rotatable bonds is 1. The normalized spacial score (nSPS) is 33.9. The zero-order valence-corrected chi connectivity index (χ0v) is 8.66. The number of nitrogens with zero attached hydrogens (tertiary/aromatic N) is 2. The molecule has 1 aliphatic heterocycles. The smallest absolute Gasteiger partial charge is 0.0944 e. The van der Waals surface area contributed by atoms with E-state index in [1.165, 1.54) is 0 Å². The Morgan fingerprint density at radius 3 is 3.14 bits per heavy atom. The quantitative estimate of drug-likeness (QED) is 0.669. The van der Waals surface area contributed by atoms with Crippen LogP contribution in [0.1, 0.15) is 19.8 Å². The predicted molar refractivity (Wildman–Crippen MR) is 55.8 cm³/mol. The molecule has 2 rings (SSSR count). The van der Waals surface area contributed by atoms with Gasteiger partial charge in [-0.3, -0.25) is 4.90 Å². The van der Waals surface area contributed by atoms with Crippen molar-refractivity contribution in [1.82, 2.24) is 10.2 Å². The minimum atomic E-state index is 0.516. The number of allylic oxidation sites excluding steroid dienone is 1. The lowest BCUT2D eigenvalue weighted by molar-refractivity contribution is 0.139. The Morgan fingerprint density at radius 1 is 1.64 bits per heavy atom. The van der Waals surface area contributed by atoms with E-state index >= 15 is 0 Å². The monoisotopic (exact) mass is 191 g/mol. The van der Waals surface area contributed by atoms with Crippen molar-refractivity contribution in [2.75, 3.05) is 19.6 Å². The third-order valence-electron chi connectivity index (χ3n) is 3.23. The van der Waals surface area contributed by atoms with Gasteiger partial charge in [0, 0.05) is 37.3 Å². The third-order valence-corrected chi connectivity index (χ3v) is 3.23. The number of nitriles is 1. The van der Waals surface area contributed by atoms with Crippen LogP contribution in [0, 0.1) is 11.3 Å². The summed E-state index contributed by atoms with van der Waals surface area (Å²) in [5.74, 6) is 0. The summed E-state index contributed by atoms with van der Waals surface area (Å²) in [4.78, 5) is 2.51. The van der Waals surface area contributed by atoms with E-state index in [0.29, 0.717) is 12.1 Å². The molecule has 1 aliphatic carbocycles. The summed E-state index contributed by atoms with van der Waals surface area (Å²) in [7, 11) is 0. The first kappa shape index (κ1) is 9.70. The minimum absolute atomic E-state index is 0.516. The molecule has 0 amide bonds. The van der Waals surface area contributed by atoms with E-state index < -0.39 is 0 Å². The van der Waals surface area contributed by atoms with Crippen LogP contribution in [-0.2, 0) is 0 Å². The Labute approximate surface area is 85.4 Å². The van der Waals surface area contributed by atoms with E-state index in [4.69, 9.17) is 5.26 Å². The van der Waals surface area contributed by atoms with Gasteiger partial charge < -0.3 is 5.32 Å². The van der Waals surface area contributed by atoms with Gasteiger partial charge in [-0.2, -0.15) is 5.26 Å². The Morgan fingerprint density at radius 2 is 2.50 bits per heavy atom. The molecule has 2 aliphatic rings. The van der Waals surface area contributed by atoms with E-state index in [1.807, 2.05) is 0 Å². The number of nitrogens with one attached hydrogen (secondary N) is 1. The molecule has 1 saturated heterocycles. The molecular weight excluding hydrogens is 174 g/mol. The van der Waals surface area contributed by atoms with Crippen LogP contribution < -0.4 is 5.32 Å².